The minimum atomic E-state index is 0.524. The second-order valence-corrected chi connectivity index (χ2v) is 7.76. The molecular weight excluding hydrogens is 304 g/mol. The third-order valence-electron chi connectivity index (χ3n) is 4.04. The Morgan fingerprint density at radius 3 is 2.15 bits per heavy atom. The van der Waals surface area contributed by atoms with Crippen molar-refractivity contribution >= 4 is 35.3 Å². The summed E-state index contributed by atoms with van der Waals surface area (Å²) < 4.78 is 0. The molecule has 1 aliphatic heterocycles. The van der Waals surface area contributed by atoms with Crippen LogP contribution in [-0.4, -0.2) is 43.8 Å². The van der Waals surface area contributed by atoms with Crippen LogP contribution in [0.3, 0.4) is 0 Å². The summed E-state index contributed by atoms with van der Waals surface area (Å²) in [6, 6.07) is 5.29. The molecule has 2 nitrogen and oxygen atoms in total. The summed E-state index contributed by atoms with van der Waals surface area (Å²) in [7, 11) is 2.22. The van der Waals surface area contributed by atoms with Crippen molar-refractivity contribution in [2.45, 2.75) is 27.1 Å². The zero-order chi connectivity index (χ0) is 14.7. The van der Waals surface area contributed by atoms with Crippen molar-refractivity contribution in [3.05, 3.63) is 17.7 Å². The van der Waals surface area contributed by atoms with Gasteiger partial charge in [0.05, 0.1) is 0 Å². The number of hydrogen-bond donors (Lipinski definition) is 1. The lowest BCUT2D eigenvalue weighted by molar-refractivity contribution is 0.313. The average molecular weight is 329 g/mol. The zero-order valence-electron chi connectivity index (χ0n) is 12.7. The van der Waals surface area contributed by atoms with Crippen molar-refractivity contribution in [1.82, 2.24) is 4.90 Å². The van der Waals surface area contributed by atoms with Gasteiger partial charge in [-0.15, -0.1) is 35.3 Å². The highest BCUT2D eigenvalue weighted by Gasteiger charge is 2.30. The lowest BCUT2D eigenvalue weighted by Crippen LogP contribution is -2.20. The van der Waals surface area contributed by atoms with Gasteiger partial charge in [0.15, 0.2) is 0 Å². The van der Waals surface area contributed by atoms with Crippen molar-refractivity contribution in [2.75, 3.05) is 38.9 Å². The quantitative estimate of drug-likeness (QED) is 0.830. The molecular formula is C15H24N2S3. The van der Waals surface area contributed by atoms with Crippen LogP contribution in [0.4, 0.5) is 0 Å². The molecule has 2 rings (SSSR count). The summed E-state index contributed by atoms with van der Waals surface area (Å²) >= 11 is 5.56. The fourth-order valence-electron chi connectivity index (χ4n) is 2.96. The van der Waals surface area contributed by atoms with Gasteiger partial charge in [0.25, 0.3) is 0 Å². The maximum Gasteiger partial charge on any atom is 0.0349 e. The van der Waals surface area contributed by atoms with E-state index in [4.69, 9.17) is 5.73 Å². The van der Waals surface area contributed by atoms with Crippen LogP contribution in [-0.2, 0) is 0 Å². The van der Waals surface area contributed by atoms with E-state index in [-0.39, 0.29) is 0 Å². The molecule has 2 N–H and O–H groups in total. The van der Waals surface area contributed by atoms with E-state index in [1.807, 2.05) is 35.3 Å². The van der Waals surface area contributed by atoms with Gasteiger partial charge in [-0.05, 0) is 62.4 Å². The number of benzene rings is 1. The number of likely N-dealkylation sites (tertiary alicyclic amines) is 1. The van der Waals surface area contributed by atoms with E-state index in [0.717, 1.165) is 13.1 Å². The number of rotatable bonds is 5. The Bertz CT molecular complexity index is 439. The molecule has 1 saturated heterocycles. The molecule has 5 heteroatoms. The monoisotopic (exact) mass is 328 g/mol. The largest absolute Gasteiger partial charge is 0.330 e. The summed E-state index contributed by atoms with van der Waals surface area (Å²) in [6.45, 7) is 1.92. The Labute approximate surface area is 135 Å². The molecule has 0 aromatic heterocycles. The molecule has 0 aliphatic carbocycles. The highest BCUT2D eigenvalue weighted by atomic mass is 32.2. The summed E-state index contributed by atoms with van der Waals surface area (Å²) in [5.74, 6) is 0.640. The molecule has 0 amide bonds. The third-order valence-corrected chi connectivity index (χ3v) is 6.67. The number of nitrogens with two attached hydrogens (primary N) is 1. The van der Waals surface area contributed by atoms with E-state index < -0.39 is 0 Å². The third kappa shape index (κ3) is 3.33. The van der Waals surface area contributed by atoms with Crippen LogP contribution < -0.4 is 5.73 Å². The van der Waals surface area contributed by atoms with E-state index in [0.29, 0.717) is 12.0 Å². The molecule has 1 fully saturated rings. The van der Waals surface area contributed by atoms with Gasteiger partial charge in [-0.25, -0.2) is 0 Å². The highest BCUT2D eigenvalue weighted by Crippen LogP contribution is 2.42. The first-order chi connectivity index (χ1) is 9.64. The number of thioether (sulfide) groups is 3. The maximum absolute atomic E-state index is 5.86. The standard InChI is InChI=1S/C15H24N2S3/c1-17-9-10(8-16)5-12(17)11-6-13(18-2)15(20-4)14(7-11)19-3/h6-7,10,12H,5,8-9,16H2,1-4H3. The van der Waals surface area contributed by atoms with Crippen molar-refractivity contribution in [2.24, 2.45) is 11.7 Å². The van der Waals surface area contributed by atoms with Crippen LogP contribution in [0.25, 0.3) is 0 Å². The molecule has 20 heavy (non-hydrogen) atoms. The van der Waals surface area contributed by atoms with Crippen LogP contribution in [0, 0.1) is 5.92 Å². The molecule has 0 spiro atoms. The van der Waals surface area contributed by atoms with Gasteiger partial charge in [0, 0.05) is 27.3 Å². The van der Waals surface area contributed by atoms with E-state index in [9.17, 15) is 0 Å². The smallest absolute Gasteiger partial charge is 0.0349 e. The van der Waals surface area contributed by atoms with Crippen LogP contribution in [0.5, 0.6) is 0 Å². The van der Waals surface area contributed by atoms with Gasteiger partial charge in [0.2, 0.25) is 0 Å². The lowest BCUT2D eigenvalue weighted by atomic mass is 10.00. The van der Waals surface area contributed by atoms with Crippen LogP contribution in [0.1, 0.15) is 18.0 Å². The maximum atomic E-state index is 5.86. The molecule has 2 atom stereocenters. The van der Waals surface area contributed by atoms with Gasteiger partial charge in [0.1, 0.15) is 0 Å². The van der Waals surface area contributed by atoms with Gasteiger partial charge in [-0.3, -0.25) is 4.90 Å². The minimum Gasteiger partial charge on any atom is -0.330 e. The zero-order valence-corrected chi connectivity index (χ0v) is 15.1. The Hall–Kier alpha value is 0.190. The first-order valence-corrected chi connectivity index (χ1v) is 10.5. The molecule has 2 unspecified atom stereocenters. The molecule has 0 saturated carbocycles. The van der Waals surface area contributed by atoms with Crippen LogP contribution in [0.15, 0.2) is 26.8 Å². The fourth-order valence-corrected chi connectivity index (χ4v) is 5.64. The molecule has 0 bridgehead atoms. The van der Waals surface area contributed by atoms with Gasteiger partial charge >= 0.3 is 0 Å². The Balaban J connectivity index is 2.37. The Morgan fingerprint density at radius 2 is 1.75 bits per heavy atom. The van der Waals surface area contributed by atoms with Crippen LogP contribution in [0.2, 0.25) is 0 Å². The predicted molar refractivity (Wildman–Crippen MR) is 94.3 cm³/mol. The first-order valence-electron chi connectivity index (χ1n) is 6.84. The van der Waals surface area contributed by atoms with E-state index in [1.54, 1.807) is 0 Å². The van der Waals surface area contributed by atoms with Crippen LogP contribution >= 0.6 is 35.3 Å². The van der Waals surface area contributed by atoms with Crippen molar-refractivity contribution < 1.29 is 0 Å². The lowest BCUT2D eigenvalue weighted by Gasteiger charge is -2.22. The molecule has 1 aromatic carbocycles. The SMILES string of the molecule is CSc1cc(C2CC(CN)CN2C)cc(SC)c1SC. The second kappa shape index (κ2) is 7.45. The molecule has 0 radical (unpaired) electrons. The Kier molecular flexibility index (Phi) is 6.17. The predicted octanol–water partition coefficient (Wildman–Crippen LogP) is 3.80. The van der Waals surface area contributed by atoms with E-state index in [1.165, 1.54) is 26.7 Å². The molecule has 112 valence electrons. The summed E-state index contributed by atoms with van der Waals surface area (Å²) in [4.78, 5) is 6.69. The van der Waals surface area contributed by atoms with Crippen molar-refractivity contribution in [1.29, 1.82) is 0 Å². The first kappa shape index (κ1) is 16.6. The van der Waals surface area contributed by atoms with Gasteiger partial charge < -0.3 is 5.73 Å². The van der Waals surface area contributed by atoms with E-state index >= 15 is 0 Å². The van der Waals surface area contributed by atoms with E-state index in [2.05, 4.69) is 42.8 Å². The fraction of sp³-hybridized carbons (Fsp3) is 0.600. The second-order valence-electron chi connectivity index (χ2n) is 5.25. The summed E-state index contributed by atoms with van der Waals surface area (Å²) in [5.41, 5.74) is 7.31. The summed E-state index contributed by atoms with van der Waals surface area (Å²) in [6.07, 6.45) is 7.70. The Morgan fingerprint density at radius 1 is 1.15 bits per heavy atom. The van der Waals surface area contributed by atoms with Gasteiger partial charge in [-0.2, -0.15) is 0 Å². The number of nitrogens with zero attached hydrogens (tertiary/aromatic N) is 1. The summed E-state index contributed by atoms with van der Waals surface area (Å²) in [5, 5.41) is 0. The minimum absolute atomic E-state index is 0.524. The average Bonchev–Trinajstić information content (AvgIpc) is 2.86. The van der Waals surface area contributed by atoms with Crippen molar-refractivity contribution in [3.8, 4) is 0 Å². The topological polar surface area (TPSA) is 29.3 Å². The van der Waals surface area contributed by atoms with Gasteiger partial charge in [-0.1, -0.05) is 0 Å². The molecule has 1 heterocycles. The highest BCUT2D eigenvalue weighted by molar-refractivity contribution is 8.03. The number of hydrogen-bond acceptors (Lipinski definition) is 5. The molecule has 1 aromatic rings. The molecule has 1 aliphatic rings. The van der Waals surface area contributed by atoms with Crippen molar-refractivity contribution in [3.63, 3.8) is 0 Å². The normalized spacial score (nSPS) is 23.4.